The molecule has 1 aliphatic heterocycles. The Bertz CT molecular complexity index is 1180. The van der Waals surface area contributed by atoms with E-state index in [4.69, 9.17) is 9.47 Å². The minimum absolute atomic E-state index is 0.0226. The lowest BCUT2D eigenvalue weighted by molar-refractivity contribution is -0.131. The van der Waals surface area contributed by atoms with E-state index in [1.807, 2.05) is 24.3 Å². The van der Waals surface area contributed by atoms with Crippen LogP contribution in [0.3, 0.4) is 0 Å². The molecule has 0 radical (unpaired) electrons. The summed E-state index contributed by atoms with van der Waals surface area (Å²) in [4.78, 5) is 32.6. The van der Waals surface area contributed by atoms with Crippen LogP contribution in [0.1, 0.15) is 12.0 Å². The van der Waals surface area contributed by atoms with Crippen molar-refractivity contribution in [2.24, 2.45) is 4.99 Å². The van der Waals surface area contributed by atoms with Crippen molar-refractivity contribution >= 4 is 34.7 Å². The zero-order valence-corrected chi connectivity index (χ0v) is 20.0. The third-order valence-electron chi connectivity index (χ3n) is 5.79. The average molecular weight is 482 g/mol. The van der Waals surface area contributed by atoms with Crippen molar-refractivity contribution in [2.45, 2.75) is 6.42 Å². The number of aromatic nitrogens is 3. The standard InChI is InChI=1S/C24H31N7O4/c1-30-9-7-25-22-21-19(24(33)29-23(21)28-16-27-22)14-26-17-5-3-6-18(13-17)35-11-4-8-31(10-12-34-2)15-20(30)32/h3,5-6,13-14,16,33H,4,7-12,15H2,1-2H3,(H2,25,27,28,29). The molecule has 1 amide bonds. The molecular formula is C24H31N7O4. The molecule has 0 atom stereocenters. The van der Waals surface area contributed by atoms with Gasteiger partial charge in [0.05, 0.1) is 36.4 Å². The second-order valence-corrected chi connectivity index (χ2v) is 8.30. The fraction of sp³-hybridized carbons (Fsp3) is 0.417. The van der Waals surface area contributed by atoms with Crippen LogP contribution in [0.2, 0.25) is 0 Å². The molecule has 11 nitrogen and oxygen atoms in total. The van der Waals surface area contributed by atoms with Gasteiger partial charge in [0, 0.05) is 52.6 Å². The minimum atomic E-state index is -0.0472. The normalized spacial score (nSPS) is 16.3. The molecule has 4 rings (SSSR count). The maximum Gasteiger partial charge on any atom is 0.236 e. The Morgan fingerprint density at radius 2 is 2.14 bits per heavy atom. The Morgan fingerprint density at radius 3 is 3.00 bits per heavy atom. The predicted molar refractivity (Wildman–Crippen MR) is 134 cm³/mol. The van der Waals surface area contributed by atoms with Gasteiger partial charge in [-0.2, -0.15) is 0 Å². The van der Waals surface area contributed by atoms with E-state index in [-0.39, 0.29) is 11.8 Å². The summed E-state index contributed by atoms with van der Waals surface area (Å²) >= 11 is 0. The Morgan fingerprint density at radius 1 is 1.26 bits per heavy atom. The van der Waals surface area contributed by atoms with Crippen LogP contribution in [0.5, 0.6) is 11.6 Å². The number of rotatable bonds is 3. The first-order chi connectivity index (χ1) is 17.0. The molecule has 2 bridgehead atoms. The minimum Gasteiger partial charge on any atom is -0.494 e. The second-order valence-electron chi connectivity index (χ2n) is 8.30. The monoisotopic (exact) mass is 481 g/mol. The molecule has 0 saturated heterocycles. The molecule has 0 unspecified atom stereocenters. The van der Waals surface area contributed by atoms with Crippen LogP contribution in [0.15, 0.2) is 35.6 Å². The van der Waals surface area contributed by atoms with Gasteiger partial charge in [0.2, 0.25) is 5.91 Å². The van der Waals surface area contributed by atoms with Crippen molar-refractivity contribution in [2.75, 3.05) is 65.4 Å². The van der Waals surface area contributed by atoms with Crippen LogP contribution in [0.4, 0.5) is 11.5 Å². The Kier molecular flexibility index (Phi) is 8.11. The number of methoxy groups -OCH3 is 1. The molecule has 0 spiro atoms. The first-order valence-corrected chi connectivity index (χ1v) is 11.6. The number of benzene rings is 1. The van der Waals surface area contributed by atoms with Gasteiger partial charge in [-0.25, -0.2) is 9.97 Å². The Hall–Kier alpha value is -3.70. The molecule has 3 aromatic rings. The quantitative estimate of drug-likeness (QED) is 0.518. The lowest BCUT2D eigenvalue weighted by Crippen LogP contribution is -2.42. The number of fused-ring (bicyclic) bond motifs is 2. The van der Waals surface area contributed by atoms with Crippen molar-refractivity contribution in [1.29, 1.82) is 0 Å². The first-order valence-electron chi connectivity index (χ1n) is 11.6. The van der Waals surface area contributed by atoms with Gasteiger partial charge in [-0.05, 0) is 18.6 Å². The summed E-state index contributed by atoms with van der Waals surface area (Å²) in [6.45, 7) is 3.70. The lowest BCUT2D eigenvalue weighted by atomic mass is 10.2. The summed E-state index contributed by atoms with van der Waals surface area (Å²) in [6, 6.07) is 7.45. The number of nitrogens with zero attached hydrogens (tertiary/aromatic N) is 5. The third kappa shape index (κ3) is 6.25. The summed E-state index contributed by atoms with van der Waals surface area (Å²) in [5, 5.41) is 14.4. The topological polar surface area (TPSA) is 128 Å². The number of H-pyrrole nitrogens is 1. The van der Waals surface area contributed by atoms with Crippen molar-refractivity contribution < 1.29 is 19.4 Å². The summed E-state index contributed by atoms with van der Waals surface area (Å²) in [5.74, 6) is 1.22. The van der Waals surface area contributed by atoms with Crippen molar-refractivity contribution in [1.82, 2.24) is 24.8 Å². The number of aliphatic imine (C=N–C) groups is 1. The SMILES string of the molecule is COCCN1CCCOc2cccc(c2)N=Cc2c(O)[nH]c3ncnc(c23)NCCN(C)C(=O)C1. The van der Waals surface area contributed by atoms with Crippen molar-refractivity contribution in [3.05, 3.63) is 36.2 Å². The molecule has 0 saturated carbocycles. The van der Waals surface area contributed by atoms with Crippen LogP contribution in [0.25, 0.3) is 11.0 Å². The highest BCUT2D eigenvalue weighted by atomic mass is 16.5. The van der Waals surface area contributed by atoms with Gasteiger partial charge in [0.1, 0.15) is 23.5 Å². The van der Waals surface area contributed by atoms with Crippen LogP contribution >= 0.6 is 0 Å². The zero-order chi connectivity index (χ0) is 24.6. The van der Waals surface area contributed by atoms with E-state index in [0.717, 1.165) is 6.42 Å². The number of ether oxygens (including phenoxy) is 2. The van der Waals surface area contributed by atoms with Crippen LogP contribution < -0.4 is 10.1 Å². The first kappa shape index (κ1) is 24.4. The number of likely N-dealkylation sites (N-methyl/N-ethyl adjacent to an activating group) is 1. The molecule has 1 aromatic carbocycles. The number of carbonyl (C=O) groups is 1. The van der Waals surface area contributed by atoms with Crippen LogP contribution in [-0.2, 0) is 9.53 Å². The number of aromatic hydroxyl groups is 1. The van der Waals surface area contributed by atoms with Crippen LogP contribution in [0, 0.1) is 0 Å². The average Bonchev–Trinajstić information content (AvgIpc) is 3.18. The van der Waals surface area contributed by atoms with Crippen molar-refractivity contribution in [3.63, 3.8) is 0 Å². The van der Waals surface area contributed by atoms with Gasteiger partial charge in [-0.1, -0.05) is 6.07 Å². The number of hydrogen-bond acceptors (Lipinski definition) is 9. The molecule has 0 fully saturated rings. The van der Waals surface area contributed by atoms with E-state index < -0.39 is 0 Å². The Balaban J connectivity index is 1.62. The summed E-state index contributed by atoms with van der Waals surface area (Å²) in [5.41, 5.74) is 1.66. The van der Waals surface area contributed by atoms with Crippen LogP contribution in [-0.4, -0.2) is 102 Å². The molecule has 35 heavy (non-hydrogen) atoms. The number of anilines is 1. The second kappa shape index (κ2) is 11.6. The molecule has 186 valence electrons. The molecule has 0 aliphatic carbocycles. The lowest BCUT2D eigenvalue weighted by Gasteiger charge is -2.25. The summed E-state index contributed by atoms with van der Waals surface area (Å²) < 4.78 is 11.1. The largest absolute Gasteiger partial charge is 0.494 e. The number of hydrogen-bond donors (Lipinski definition) is 3. The van der Waals surface area contributed by atoms with Crippen molar-refractivity contribution in [3.8, 4) is 11.6 Å². The molecular weight excluding hydrogens is 450 g/mol. The van der Waals surface area contributed by atoms with Gasteiger partial charge < -0.3 is 29.8 Å². The number of amides is 1. The van der Waals surface area contributed by atoms with E-state index in [9.17, 15) is 9.90 Å². The van der Waals surface area contributed by atoms with E-state index in [0.29, 0.717) is 79.8 Å². The zero-order valence-electron chi connectivity index (χ0n) is 20.0. The fourth-order valence-electron chi connectivity index (χ4n) is 3.83. The van der Waals surface area contributed by atoms with E-state index in [1.54, 1.807) is 25.3 Å². The van der Waals surface area contributed by atoms with Gasteiger partial charge in [0.15, 0.2) is 5.88 Å². The van der Waals surface area contributed by atoms with E-state index in [1.165, 1.54) is 6.33 Å². The fourth-order valence-corrected chi connectivity index (χ4v) is 3.83. The highest BCUT2D eigenvalue weighted by Crippen LogP contribution is 2.30. The number of aromatic amines is 1. The summed E-state index contributed by atoms with van der Waals surface area (Å²) in [6.07, 6.45) is 3.76. The smallest absolute Gasteiger partial charge is 0.236 e. The maximum absolute atomic E-state index is 12.8. The highest BCUT2D eigenvalue weighted by Gasteiger charge is 2.17. The van der Waals surface area contributed by atoms with Gasteiger partial charge in [0.25, 0.3) is 0 Å². The molecule has 3 N–H and O–H groups in total. The molecule has 2 aromatic heterocycles. The molecule has 11 heteroatoms. The van der Waals surface area contributed by atoms with Gasteiger partial charge in [-0.15, -0.1) is 0 Å². The number of carbonyl (C=O) groups excluding carboxylic acids is 1. The molecule has 3 heterocycles. The van der Waals surface area contributed by atoms with Gasteiger partial charge in [-0.3, -0.25) is 14.7 Å². The predicted octanol–water partition coefficient (Wildman–Crippen LogP) is 2.02. The Labute approximate surface area is 203 Å². The maximum atomic E-state index is 12.8. The molecule has 1 aliphatic rings. The third-order valence-corrected chi connectivity index (χ3v) is 5.79. The summed E-state index contributed by atoms with van der Waals surface area (Å²) in [7, 11) is 3.44. The number of nitrogens with one attached hydrogen (secondary N) is 2. The van der Waals surface area contributed by atoms with E-state index in [2.05, 4.69) is 30.2 Å². The van der Waals surface area contributed by atoms with Gasteiger partial charge >= 0.3 is 0 Å². The highest BCUT2D eigenvalue weighted by molar-refractivity contribution is 6.06. The van der Waals surface area contributed by atoms with E-state index >= 15 is 0 Å².